The summed E-state index contributed by atoms with van der Waals surface area (Å²) in [6.45, 7) is 0. The van der Waals surface area contributed by atoms with Gasteiger partial charge in [-0.15, -0.1) is 0 Å². The molecule has 0 aliphatic heterocycles. The Morgan fingerprint density at radius 1 is 1.33 bits per heavy atom. The fourth-order valence-electron chi connectivity index (χ4n) is 0.669. The van der Waals surface area contributed by atoms with Gasteiger partial charge in [-0.3, -0.25) is 4.70 Å². The molecule has 1 rings (SSSR count). The molecule has 1 N–H and O–H groups in total. The van der Waals surface area contributed by atoms with Crippen LogP contribution in [0.4, 0.5) is 4.70 Å². The van der Waals surface area contributed by atoms with Crippen molar-refractivity contribution in [2.45, 2.75) is 0 Å². The van der Waals surface area contributed by atoms with Crippen molar-refractivity contribution in [3.8, 4) is 0 Å². The highest BCUT2D eigenvalue weighted by atomic mass is 35.5. The number of hydrogen-bond donors (Lipinski definition) is 1. The Balaban J connectivity index is 0.00000121. The molecule has 0 bridgehead atoms. The van der Waals surface area contributed by atoms with E-state index in [1.807, 2.05) is 0 Å². The third-order valence-electron chi connectivity index (χ3n) is 1.18. The number of rotatable bonds is 1. The van der Waals surface area contributed by atoms with Crippen LogP contribution in [0.2, 0.25) is 10.0 Å². The van der Waals surface area contributed by atoms with E-state index in [-0.39, 0.29) is 20.3 Å². The predicted octanol–water partition coefficient (Wildman–Crippen LogP) is 2.84. The first-order chi connectivity index (χ1) is 5.13. The van der Waals surface area contributed by atoms with E-state index in [0.717, 1.165) is 0 Å². The molecule has 0 aromatic heterocycles. The standard InChI is InChI=1S/C7H4Cl2O2.FH/c8-5-3-1-2-4(6(5)9)7(10)11;/h1-3H,(H,10,11);1H. The monoisotopic (exact) mass is 210 g/mol. The van der Waals surface area contributed by atoms with Crippen molar-refractivity contribution in [2.24, 2.45) is 0 Å². The lowest BCUT2D eigenvalue weighted by atomic mass is 10.2. The van der Waals surface area contributed by atoms with Gasteiger partial charge in [0.2, 0.25) is 0 Å². The highest BCUT2D eigenvalue weighted by Crippen LogP contribution is 2.25. The van der Waals surface area contributed by atoms with Gasteiger partial charge < -0.3 is 5.11 Å². The molecule has 0 amide bonds. The molecule has 0 aliphatic carbocycles. The Morgan fingerprint density at radius 3 is 2.33 bits per heavy atom. The molecule has 0 fully saturated rings. The van der Waals surface area contributed by atoms with Crippen LogP contribution in [0.25, 0.3) is 0 Å². The van der Waals surface area contributed by atoms with Gasteiger partial charge in [-0.2, -0.15) is 0 Å². The Hall–Kier alpha value is -0.800. The van der Waals surface area contributed by atoms with E-state index >= 15 is 0 Å². The summed E-state index contributed by atoms with van der Waals surface area (Å²) in [6.07, 6.45) is 0. The van der Waals surface area contributed by atoms with E-state index in [4.69, 9.17) is 28.3 Å². The largest absolute Gasteiger partial charge is 0.478 e. The Morgan fingerprint density at radius 2 is 1.92 bits per heavy atom. The van der Waals surface area contributed by atoms with Crippen LogP contribution in [0.15, 0.2) is 18.2 Å². The van der Waals surface area contributed by atoms with Crippen LogP contribution in [0.1, 0.15) is 10.4 Å². The van der Waals surface area contributed by atoms with Gasteiger partial charge in [0.1, 0.15) is 0 Å². The molecule has 2 nitrogen and oxygen atoms in total. The zero-order chi connectivity index (χ0) is 8.43. The maximum absolute atomic E-state index is 10.4. The van der Waals surface area contributed by atoms with E-state index in [1.54, 1.807) is 0 Å². The molecule has 1 aromatic rings. The van der Waals surface area contributed by atoms with E-state index in [1.165, 1.54) is 18.2 Å². The molecule has 0 spiro atoms. The molecule has 12 heavy (non-hydrogen) atoms. The molecule has 66 valence electrons. The third kappa shape index (κ3) is 2.09. The Labute approximate surface area is 78.1 Å². The highest BCUT2D eigenvalue weighted by Gasteiger charge is 2.09. The summed E-state index contributed by atoms with van der Waals surface area (Å²) in [7, 11) is 0. The van der Waals surface area contributed by atoms with Gasteiger partial charge >= 0.3 is 5.97 Å². The molecule has 5 heteroatoms. The number of carboxylic acid groups (broad SMARTS) is 1. The quantitative estimate of drug-likeness (QED) is 0.775. The third-order valence-corrected chi connectivity index (χ3v) is 2.00. The SMILES string of the molecule is F.O=C(O)c1cccc(Cl)c1Cl. The molecule has 0 heterocycles. The fourth-order valence-corrected chi connectivity index (χ4v) is 1.05. The normalized spacial score (nSPS) is 8.83. The minimum Gasteiger partial charge on any atom is -0.478 e. The lowest BCUT2D eigenvalue weighted by Crippen LogP contribution is -1.96. The number of halogens is 3. The Kier molecular flexibility index (Phi) is 4.00. The van der Waals surface area contributed by atoms with Crippen LogP contribution >= 0.6 is 23.2 Å². The van der Waals surface area contributed by atoms with Crippen molar-refractivity contribution in [2.75, 3.05) is 0 Å². The minimum absolute atomic E-state index is 0. The summed E-state index contributed by atoms with van der Waals surface area (Å²) in [5, 5.41) is 8.89. The molecule has 1 aromatic carbocycles. The van der Waals surface area contributed by atoms with Crippen LogP contribution in [0, 0.1) is 0 Å². The topological polar surface area (TPSA) is 37.3 Å². The maximum Gasteiger partial charge on any atom is 0.337 e. The highest BCUT2D eigenvalue weighted by molar-refractivity contribution is 6.43. The summed E-state index contributed by atoms with van der Waals surface area (Å²) in [5.41, 5.74) is 0.0270. The van der Waals surface area contributed by atoms with Crippen molar-refractivity contribution >= 4 is 29.2 Å². The first kappa shape index (κ1) is 11.2. The maximum atomic E-state index is 10.4. The van der Waals surface area contributed by atoms with Gasteiger partial charge in [0.05, 0.1) is 15.6 Å². The molecule has 0 unspecified atom stereocenters. The summed E-state index contributed by atoms with van der Waals surface area (Å²) in [5.74, 6) is -1.07. The number of aromatic carboxylic acids is 1. The van der Waals surface area contributed by atoms with Gasteiger partial charge in [-0.05, 0) is 12.1 Å². The van der Waals surface area contributed by atoms with E-state index in [0.29, 0.717) is 0 Å². The second-order valence-electron chi connectivity index (χ2n) is 1.91. The molecular weight excluding hydrogens is 206 g/mol. The summed E-state index contributed by atoms with van der Waals surface area (Å²) in [4.78, 5) is 10.4. The number of carboxylic acids is 1. The number of hydrogen-bond acceptors (Lipinski definition) is 1. The molecule has 0 aliphatic rings. The lowest BCUT2D eigenvalue weighted by Gasteiger charge is -1.98. The molecule has 0 atom stereocenters. The molecular formula is C7H5Cl2FO2. The molecule has 0 radical (unpaired) electrons. The van der Waals surface area contributed by atoms with Crippen molar-refractivity contribution in [1.29, 1.82) is 0 Å². The number of carbonyl (C=O) groups is 1. The zero-order valence-corrected chi connectivity index (χ0v) is 7.26. The van der Waals surface area contributed by atoms with Gasteiger partial charge in [0.25, 0.3) is 0 Å². The summed E-state index contributed by atoms with van der Waals surface area (Å²) >= 11 is 11.1. The van der Waals surface area contributed by atoms with Gasteiger partial charge in [-0.1, -0.05) is 29.3 Å². The minimum atomic E-state index is -1.07. The van der Waals surface area contributed by atoms with Crippen LogP contribution in [-0.2, 0) is 0 Å². The lowest BCUT2D eigenvalue weighted by molar-refractivity contribution is 0.0697. The van der Waals surface area contributed by atoms with E-state index in [9.17, 15) is 4.79 Å². The number of benzene rings is 1. The van der Waals surface area contributed by atoms with Crippen LogP contribution in [0.5, 0.6) is 0 Å². The molecule has 0 saturated carbocycles. The van der Waals surface area contributed by atoms with Crippen molar-refractivity contribution in [3.63, 3.8) is 0 Å². The van der Waals surface area contributed by atoms with Gasteiger partial charge in [0.15, 0.2) is 0 Å². The van der Waals surface area contributed by atoms with Crippen LogP contribution in [0.3, 0.4) is 0 Å². The summed E-state index contributed by atoms with van der Waals surface area (Å²) in [6, 6.07) is 4.48. The first-order valence-corrected chi connectivity index (χ1v) is 3.56. The predicted molar refractivity (Wildman–Crippen MR) is 45.9 cm³/mol. The Bertz CT molecular complexity index is 301. The molecule has 0 saturated heterocycles. The average molecular weight is 211 g/mol. The fraction of sp³-hybridized carbons (Fsp3) is 0. The van der Waals surface area contributed by atoms with Gasteiger partial charge in [-0.25, -0.2) is 4.79 Å². The van der Waals surface area contributed by atoms with Crippen molar-refractivity contribution in [3.05, 3.63) is 33.8 Å². The van der Waals surface area contributed by atoms with Gasteiger partial charge in [0, 0.05) is 0 Å². The second-order valence-corrected chi connectivity index (χ2v) is 2.69. The second kappa shape index (κ2) is 4.28. The van der Waals surface area contributed by atoms with Crippen LogP contribution < -0.4 is 0 Å². The smallest absolute Gasteiger partial charge is 0.337 e. The van der Waals surface area contributed by atoms with Crippen LogP contribution in [-0.4, -0.2) is 11.1 Å². The van der Waals surface area contributed by atoms with E-state index < -0.39 is 5.97 Å². The first-order valence-electron chi connectivity index (χ1n) is 2.80. The summed E-state index contributed by atoms with van der Waals surface area (Å²) < 4.78 is 0. The van der Waals surface area contributed by atoms with Crippen molar-refractivity contribution in [1.82, 2.24) is 0 Å². The average Bonchev–Trinajstić information content (AvgIpc) is 1.94. The van der Waals surface area contributed by atoms with E-state index in [2.05, 4.69) is 0 Å². The zero-order valence-electron chi connectivity index (χ0n) is 5.75. The van der Waals surface area contributed by atoms with Crippen molar-refractivity contribution < 1.29 is 14.6 Å².